The van der Waals surface area contributed by atoms with Crippen molar-refractivity contribution >= 4 is 14.2 Å². The maximum Gasteiger partial charge on any atom is 0.459 e. The van der Waals surface area contributed by atoms with Gasteiger partial charge in [0.05, 0.1) is 29.5 Å². The van der Waals surface area contributed by atoms with Crippen LogP contribution in [0.15, 0.2) is 24.3 Å². The number of hydrogen-bond donors (Lipinski definition) is 0. The Morgan fingerprint density at radius 1 is 0.750 bits per heavy atom. The van der Waals surface area contributed by atoms with Gasteiger partial charge < -0.3 is 23.4 Å². The van der Waals surface area contributed by atoms with Crippen LogP contribution >= 0.6 is 0 Å². The van der Waals surface area contributed by atoms with Gasteiger partial charge >= 0.3 is 14.2 Å². The highest BCUT2D eigenvalue weighted by atomic mass is 16.7. The van der Waals surface area contributed by atoms with Crippen molar-refractivity contribution in [1.82, 2.24) is 0 Å². The summed E-state index contributed by atoms with van der Waals surface area (Å²) in [5, 5.41) is 0. The molecule has 0 radical (unpaired) electrons. The second-order valence-electron chi connectivity index (χ2n) is 9.93. The van der Waals surface area contributed by atoms with Crippen molar-refractivity contribution in [1.29, 1.82) is 0 Å². The van der Waals surface area contributed by atoms with E-state index < -0.39 is 36.6 Å². The second-order valence-corrected chi connectivity index (χ2v) is 9.93. The van der Waals surface area contributed by atoms with Crippen LogP contribution in [0.4, 0.5) is 0 Å². The lowest BCUT2D eigenvalue weighted by molar-refractivity contribution is 0.00578. The van der Waals surface area contributed by atoms with Crippen LogP contribution in [0.25, 0.3) is 0 Å². The normalized spacial score (nSPS) is 24.8. The smallest absolute Gasteiger partial charge is 0.459 e. The molecule has 0 N–H and O–H groups in total. The first-order chi connectivity index (χ1) is 12.8. The predicted octanol–water partition coefficient (Wildman–Crippen LogP) is 4.33. The second kappa shape index (κ2) is 7.05. The average Bonchev–Trinajstić information content (AvgIpc) is 2.92. The molecule has 0 atom stereocenters. The highest BCUT2D eigenvalue weighted by Gasteiger charge is 2.61. The zero-order valence-electron chi connectivity index (χ0n) is 18.8. The summed E-state index contributed by atoms with van der Waals surface area (Å²) in [5.41, 5.74) is -0.723. The molecule has 0 spiro atoms. The van der Waals surface area contributed by atoms with Crippen molar-refractivity contribution in [3.8, 4) is 5.75 Å². The Morgan fingerprint density at radius 3 is 1.54 bits per heavy atom. The van der Waals surface area contributed by atoms with Crippen LogP contribution in [0.1, 0.15) is 61.0 Å². The van der Waals surface area contributed by atoms with E-state index in [9.17, 15) is 0 Å². The molecule has 28 heavy (non-hydrogen) atoms. The van der Waals surface area contributed by atoms with Gasteiger partial charge in [-0.2, -0.15) is 0 Å². The standard InChI is InChI=1S/C21H34B2O5/c1-18(2)19(3,4)26-22(25-18)17(14-15-12-10-11-13-16(15)24-9)23-27-20(5,6)21(7,8)28-23/h10-13,17H,14H2,1-9H3. The van der Waals surface area contributed by atoms with Gasteiger partial charge in [0.25, 0.3) is 0 Å². The molecule has 0 amide bonds. The maximum absolute atomic E-state index is 6.40. The van der Waals surface area contributed by atoms with Crippen LogP contribution in [0.5, 0.6) is 5.75 Å². The first-order valence-corrected chi connectivity index (χ1v) is 10.1. The minimum absolute atomic E-state index is 0.140. The fourth-order valence-electron chi connectivity index (χ4n) is 3.57. The molecule has 0 bridgehead atoms. The third-order valence-corrected chi connectivity index (χ3v) is 6.89. The molecule has 0 saturated carbocycles. The van der Waals surface area contributed by atoms with Gasteiger partial charge in [0.2, 0.25) is 0 Å². The maximum atomic E-state index is 6.40. The highest BCUT2D eigenvalue weighted by Crippen LogP contribution is 2.46. The molecule has 3 rings (SSSR count). The molecule has 2 aliphatic heterocycles. The van der Waals surface area contributed by atoms with E-state index in [0.717, 1.165) is 11.3 Å². The molecule has 2 aliphatic rings. The molecule has 154 valence electrons. The summed E-state index contributed by atoms with van der Waals surface area (Å²) in [6, 6.07) is 8.04. The third-order valence-electron chi connectivity index (χ3n) is 6.89. The molecule has 0 aliphatic carbocycles. The minimum atomic E-state index is -0.440. The Labute approximate surface area is 170 Å². The molecule has 0 aromatic heterocycles. The Balaban J connectivity index is 1.94. The lowest BCUT2D eigenvalue weighted by Crippen LogP contribution is -2.41. The largest absolute Gasteiger partial charge is 0.496 e. The summed E-state index contributed by atoms with van der Waals surface area (Å²) in [5.74, 6) is 0.848. The summed E-state index contributed by atoms with van der Waals surface area (Å²) < 4.78 is 31.2. The van der Waals surface area contributed by atoms with Gasteiger partial charge in [-0.05, 0) is 73.4 Å². The SMILES string of the molecule is COc1ccccc1CC(B1OC(C)(C)C(C)(C)O1)B1OC(C)(C)C(C)(C)O1. The van der Waals surface area contributed by atoms with E-state index >= 15 is 0 Å². The van der Waals surface area contributed by atoms with E-state index in [0.29, 0.717) is 6.42 Å². The van der Waals surface area contributed by atoms with E-state index in [1.54, 1.807) is 7.11 Å². The quantitative estimate of drug-likeness (QED) is 0.703. The fraction of sp³-hybridized carbons (Fsp3) is 0.714. The Bertz CT molecular complexity index is 649. The molecule has 1 aromatic carbocycles. The van der Waals surface area contributed by atoms with Gasteiger partial charge in [-0.15, -0.1) is 0 Å². The monoisotopic (exact) mass is 388 g/mol. The topological polar surface area (TPSA) is 46.2 Å². The molecule has 2 saturated heterocycles. The van der Waals surface area contributed by atoms with Crippen LogP contribution in [0, 0.1) is 0 Å². The lowest BCUT2D eigenvalue weighted by Gasteiger charge is -2.32. The summed E-state index contributed by atoms with van der Waals surface area (Å²) in [7, 11) is 0.812. The highest BCUT2D eigenvalue weighted by molar-refractivity contribution is 6.68. The number of para-hydroxylation sites is 1. The van der Waals surface area contributed by atoms with E-state index in [2.05, 4.69) is 61.5 Å². The first-order valence-electron chi connectivity index (χ1n) is 10.1. The summed E-state index contributed by atoms with van der Waals surface area (Å²) in [6.45, 7) is 16.5. The van der Waals surface area contributed by atoms with Crippen LogP contribution < -0.4 is 4.74 Å². The van der Waals surface area contributed by atoms with Gasteiger partial charge in [0.15, 0.2) is 0 Å². The molecule has 5 nitrogen and oxygen atoms in total. The minimum Gasteiger partial charge on any atom is -0.496 e. The van der Waals surface area contributed by atoms with Crippen molar-refractivity contribution in [3.05, 3.63) is 29.8 Å². The Morgan fingerprint density at radius 2 is 1.14 bits per heavy atom. The average molecular weight is 388 g/mol. The van der Waals surface area contributed by atoms with E-state index in [-0.39, 0.29) is 5.72 Å². The summed E-state index contributed by atoms with van der Waals surface area (Å²) in [6.07, 6.45) is 0.664. The van der Waals surface area contributed by atoms with E-state index in [4.69, 9.17) is 23.4 Å². The van der Waals surface area contributed by atoms with Crippen LogP contribution in [-0.4, -0.2) is 43.8 Å². The molecule has 1 aromatic rings. The van der Waals surface area contributed by atoms with Crippen molar-refractivity contribution in [2.75, 3.05) is 7.11 Å². The van der Waals surface area contributed by atoms with Gasteiger partial charge in [-0.25, -0.2) is 0 Å². The number of ether oxygens (including phenoxy) is 1. The van der Waals surface area contributed by atoms with E-state index in [1.807, 2.05) is 18.2 Å². The van der Waals surface area contributed by atoms with Crippen LogP contribution in [0.2, 0.25) is 5.72 Å². The van der Waals surface area contributed by atoms with Crippen molar-refractivity contribution in [2.45, 2.75) is 89.9 Å². The van der Waals surface area contributed by atoms with E-state index in [1.165, 1.54) is 0 Å². The Hall–Kier alpha value is -1.01. The number of hydrogen-bond acceptors (Lipinski definition) is 5. The summed E-state index contributed by atoms with van der Waals surface area (Å²) in [4.78, 5) is 0. The van der Waals surface area contributed by atoms with Crippen molar-refractivity contribution < 1.29 is 23.4 Å². The van der Waals surface area contributed by atoms with Crippen molar-refractivity contribution in [3.63, 3.8) is 0 Å². The zero-order valence-corrected chi connectivity index (χ0v) is 18.8. The lowest BCUT2D eigenvalue weighted by atomic mass is 9.49. The number of rotatable bonds is 5. The molecular weight excluding hydrogens is 354 g/mol. The number of benzene rings is 1. The molecule has 0 unspecified atom stereocenters. The van der Waals surface area contributed by atoms with Crippen molar-refractivity contribution in [2.24, 2.45) is 0 Å². The van der Waals surface area contributed by atoms with Gasteiger partial charge in [-0.3, -0.25) is 0 Å². The first kappa shape index (κ1) is 21.7. The predicted molar refractivity (Wildman–Crippen MR) is 113 cm³/mol. The van der Waals surface area contributed by atoms with Crippen LogP contribution in [0.3, 0.4) is 0 Å². The Kier molecular flexibility index (Phi) is 5.46. The summed E-state index contributed by atoms with van der Waals surface area (Å²) >= 11 is 0. The van der Waals surface area contributed by atoms with Gasteiger partial charge in [0, 0.05) is 5.72 Å². The van der Waals surface area contributed by atoms with Gasteiger partial charge in [0.1, 0.15) is 5.75 Å². The van der Waals surface area contributed by atoms with Crippen LogP contribution in [-0.2, 0) is 25.0 Å². The molecule has 2 fully saturated rings. The third kappa shape index (κ3) is 3.74. The zero-order chi connectivity index (χ0) is 21.0. The molecular formula is C21H34B2O5. The molecule has 7 heteroatoms. The fourth-order valence-corrected chi connectivity index (χ4v) is 3.57. The van der Waals surface area contributed by atoms with Gasteiger partial charge in [-0.1, -0.05) is 18.2 Å². The number of methoxy groups -OCH3 is 1. The molecule has 2 heterocycles.